The van der Waals surface area contributed by atoms with Gasteiger partial charge in [0.1, 0.15) is 0 Å². The summed E-state index contributed by atoms with van der Waals surface area (Å²) in [4.78, 5) is 14.9. The van der Waals surface area contributed by atoms with E-state index in [0.717, 1.165) is 38.4 Å². The molecule has 29 heavy (non-hydrogen) atoms. The number of hydrogen-bond acceptors (Lipinski definition) is 3. The molecule has 0 radical (unpaired) electrons. The van der Waals surface area contributed by atoms with Crippen LogP contribution in [0.3, 0.4) is 0 Å². The number of nitrogens with one attached hydrogen (secondary N) is 2. The fourth-order valence-electron chi connectivity index (χ4n) is 4.88. The molecule has 4 nitrogen and oxygen atoms in total. The zero-order valence-corrected chi connectivity index (χ0v) is 17.4. The third-order valence-corrected chi connectivity index (χ3v) is 6.29. The Morgan fingerprint density at radius 2 is 2.00 bits per heavy atom. The molecule has 1 aromatic carbocycles. The lowest BCUT2D eigenvalue weighted by Crippen LogP contribution is -2.49. The Morgan fingerprint density at radius 1 is 1.24 bits per heavy atom. The predicted octanol–water partition coefficient (Wildman–Crippen LogP) is 3.67. The molecule has 1 aliphatic carbocycles. The van der Waals surface area contributed by atoms with Gasteiger partial charge in [-0.25, -0.2) is 0 Å². The van der Waals surface area contributed by atoms with Crippen LogP contribution in [-0.2, 0) is 17.5 Å². The largest absolute Gasteiger partial charge is 0.416 e. The third-order valence-electron chi connectivity index (χ3n) is 6.29. The van der Waals surface area contributed by atoms with Crippen molar-refractivity contribution in [2.45, 2.75) is 57.9 Å². The molecule has 1 amide bonds. The van der Waals surface area contributed by atoms with E-state index in [1.807, 2.05) is 7.05 Å². The van der Waals surface area contributed by atoms with Crippen LogP contribution in [0.25, 0.3) is 0 Å². The maximum Gasteiger partial charge on any atom is 0.416 e. The van der Waals surface area contributed by atoms with Crippen molar-refractivity contribution in [1.29, 1.82) is 0 Å². The molecular weight excluding hydrogens is 379 g/mol. The van der Waals surface area contributed by atoms with Gasteiger partial charge in [0, 0.05) is 25.7 Å². The van der Waals surface area contributed by atoms with Crippen molar-refractivity contribution in [3.63, 3.8) is 0 Å². The van der Waals surface area contributed by atoms with Gasteiger partial charge in [0.25, 0.3) is 0 Å². The second kappa shape index (κ2) is 9.04. The van der Waals surface area contributed by atoms with Gasteiger partial charge in [-0.15, -0.1) is 0 Å². The van der Waals surface area contributed by atoms with E-state index < -0.39 is 11.7 Å². The zero-order chi connectivity index (χ0) is 21.2. The molecule has 1 aromatic rings. The fraction of sp³-hybridized carbons (Fsp3) is 0.682. The molecule has 3 unspecified atom stereocenters. The van der Waals surface area contributed by atoms with E-state index >= 15 is 0 Å². The SMILES string of the molecule is CN[C@H](CC(C)C)C(=O)NC1CCC2CN(Cc3cccc(C(F)(F)F)c3)CC21. The molecule has 2 N–H and O–H groups in total. The first-order valence-corrected chi connectivity index (χ1v) is 10.5. The number of hydrogen-bond donors (Lipinski definition) is 2. The van der Waals surface area contributed by atoms with Crippen LogP contribution in [0.15, 0.2) is 24.3 Å². The molecule has 0 aromatic heterocycles. The smallest absolute Gasteiger partial charge is 0.352 e. The second-order valence-corrected chi connectivity index (χ2v) is 8.98. The van der Waals surface area contributed by atoms with E-state index in [4.69, 9.17) is 0 Å². The number of benzene rings is 1. The second-order valence-electron chi connectivity index (χ2n) is 8.98. The first-order valence-electron chi connectivity index (χ1n) is 10.5. The highest BCUT2D eigenvalue weighted by Gasteiger charge is 2.43. The number of halogens is 3. The summed E-state index contributed by atoms with van der Waals surface area (Å²) in [5.74, 6) is 1.37. The van der Waals surface area contributed by atoms with Crippen LogP contribution in [0.2, 0.25) is 0 Å². The highest BCUT2D eigenvalue weighted by Crippen LogP contribution is 2.39. The quantitative estimate of drug-likeness (QED) is 0.720. The zero-order valence-electron chi connectivity index (χ0n) is 17.4. The Hall–Kier alpha value is -1.60. The lowest BCUT2D eigenvalue weighted by molar-refractivity contribution is -0.137. The molecule has 0 bridgehead atoms. The van der Waals surface area contributed by atoms with Crippen molar-refractivity contribution in [3.05, 3.63) is 35.4 Å². The predicted molar refractivity (Wildman–Crippen MR) is 107 cm³/mol. The maximum absolute atomic E-state index is 13.0. The molecule has 3 rings (SSSR count). The Balaban J connectivity index is 1.58. The van der Waals surface area contributed by atoms with Crippen molar-refractivity contribution < 1.29 is 18.0 Å². The fourth-order valence-corrected chi connectivity index (χ4v) is 4.88. The van der Waals surface area contributed by atoms with E-state index in [1.165, 1.54) is 12.1 Å². The number of nitrogens with zero attached hydrogens (tertiary/aromatic N) is 1. The summed E-state index contributed by atoms with van der Waals surface area (Å²) in [6.45, 7) is 6.43. The number of carbonyl (C=O) groups excluding carboxylic acids is 1. The number of likely N-dealkylation sites (N-methyl/N-ethyl adjacent to an activating group) is 1. The van der Waals surface area contributed by atoms with Crippen LogP contribution in [0.5, 0.6) is 0 Å². The summed E-state index contributed by atoms with van der Waals surface area (Å²) in [6.07, 6.45) is -1.47. The molecule has 0 spiro atoms. The Labute approximate surface area is 171 Å². The van der Waals surface area contributed by atoms with Crippen LogP contribution < -0.4 is 10.6 Å². The summed E-state index contributed by atoms with van der Waals surface area (Å²) in [7, 11) is 1.82. The van der Waals surface area contributed by atoms with E-state index in [-0.39, 0.29) is 18.0 Å². The molecule has 1 aliphatic heterocycles. The van der Waals surface area contributed by atoms with Gasteiger partial charge in [-0.05, 0) is 55.7 Å². The Kier molecular flexibility index (Phi) is 6.89. The average Bonchev–Trinajstić information content (AvgIpc) is 3.20. The number of alkyl halides is 3. The molecule has 1 saturated carbocycles. The number of likely N-dealkylation sites (tertiary alicyclic amines) is 1. The topological polar surface area (TPSA) is 44.4 Å². The standard InChI is InChI=1S/C22H32F3N3O/c1-14(2)9-20(26-3)21(29)27-19-8-7-16-12-28(13-18(16)19)11-15-5-4-6-17(10-15)22(23,24)25/h4-6,10,14,16,18-20,26H,7-9,11-13H2,1-3H3,(H,27,29)/t16?,18?,19?,20-/m1/s1. The van der Waals surface area contributed by atoms with Gasteiger partial charge in [0.05, 0.1) is 11.6 Å². The van der Waals surface area contributed by atoms with Crippen molar-refractivity contribution in [1.82, 2.24) is 15.5 Å². The average molecular weight is 412 g/mol. The van der Waals surface area contributed by atoms with E-state index in [0.29, 0.717) is 29.9 Å². The van der Waals surface area contributed by atoms with Gasteiger partial charge >= 0.3 is 6.18 Å². The van der Waals surface area contributed by atoms with Crippen LogP contribution in [0.4, 0.5) is 13.2 Å². The molecule has 7 heteroatoms. The van der Waals surface area contributed by atoms with Crippen LogP contribution in [-0.4, -0.2) is 43.0 Å². The number of rotatable bonds is 7. The first kappa shape index (κ1) is 22.1. The van der Waals surface area contributed by atoms with E-state index in [9.17, 15) is 18.0 Å². The van der Waals surface area contributed by atoms with E-state index in [1.54, 1.807) is 6.07 Å². The van der Waals surface area contributed by atoms with Gasteiger partial charge in [0.15, 0.2) is 0 Å². The minimum atomic E-state index is -4.31. The van der Waals surface area contributed by atoms with Crippen LogP contribution in [0, 0.1) is 17.8 Å². The van der Waals surface area contributed by atoms with Crippen molar-refractivity contribution in [2.24, 2.45) is 17.8 Å². The van der Waals surface area contributed by atoms with E-state index in [2.05, 4.69) is 29.4 Å². The molecule has 1 saturated heterocycles. The van der Waals surface area contributed by atoms with Gasteiger partial charge in [-0.3, -0.25) is 9.69 Å². The van der Waals surface area contributed by atoms with Crippen LogP contribution >= 0.6 is 0 Å². The van der Waals surface area contributed by atoms with Crippen LogP contribution in [0.1, 0.15) is 44.2 Å². The summed E-state index contributed by atoms with van der Waals surface area (Å²) in [6, 6.07) is 5.56. The summed E-state index contributed by atoms with van der Waals surface area (Å²) < 4.78 is 38.9. The monoisotopic (exact) mass is 411 g/mol. The minimum absolute atomic E-state index is 0.0585. The summed E-state index contributed by atoms with van der Waals surface area (Å²) >= 11 is 0. The number of fused-ring (bicyclic) bond motifs is 1. The van der Waals surface area contributed by atoms with Gasteiger partial charge in [0.2, 0.25) is 5.91 Å². The number of amides is 1. The summed E-state index contributed by atoms with van der Waals surface area (Å²) in [5, 5.41) is 6.35. The lowest BCUT2D eigenvalue weighted by Gasteiger charge is -2.25. The molecule has 162 valence electrons. The van der Waals surface area contributed by atoms with Crippen molar-refractivity contribution in [3.8, 4) is 0 Å². The number of carbonyl (C=O) groups is 1. The van der Waals surface area contributed by atoms with Crippen molar-refractivity contribution in [2.75, 3.05) is 20.1 Å². The summed E-state index contributed by atoms with van der Waals surface area (Å²) in [5.41, 5.74) is 0.0929. The lowest BCUT2D eigenvalue weighted by atomic mass is 9.97. The molecule has 4 atom stereocenters. The van der Waals surface area contributed by atoms with Gasteiger partial charge in [-0.2, -0.15) is 13.2 Å². The minimum Gasteiger partial charge on any atom is -0.352 e. The third kappa shape index (κ3) is 5.51. The highest BCUT2D eigenvalue weighted by atomic mass is 19.4. The maximum atomic E-state index is 13.0. The normalized spacial score (nSPS) is 26.0. The molecule has 1 heterocycles. The first-order chi connectivity index (χ1) is 13.7. The Bertz CT molecular complexity index is 707. The molecule has 2 aliphatic rings. The molecular formula is C22H32F3N3O. The van der Waals surface area contributed by atoms with Crippen molar-refractivity contribution >= 4 is 5.91 Å². The van der Waals surface area contributed by atoms with Gasteiger partial charge < -0.3 is 10.6 Å². The van der Waals surface area contributed by atoms with Gasteiger partial charge in [-0.1, -0.05) is 32.0 Å². The highest BCUT2D eigenvalue weighted by molar-refractivity contribution is 5.82. The Morgan fingerprint density at radius 3 is 2.66 bits per heavy atom. The molecule has 2 fully saturated rings.